The molecule has 0 fully saturated rings. The zero-order valence-corrected chi connectivity index (χ0v) is 9.35. The van der Waals surface area contributed by atoms with Crippen molar-refractivity contribution in [3.63, 3.8) is 0 Å². The van der Waals surface area contributed by atoms with Crippen molar-refractivity contribution >= 4 is 6.09 Å². The third-order valence-corrected chi connectivity index (χ3v) is 2.86. The molecular weight excluding hydrogens is 206 g/mol. The van der Waals surface area contributed by atoms with Crippen LogP contribution in [0.1, 0.15) is 18.9 Å². The summed E-state index contributed by atoms with van der Waals surface area (Å²) in [6.07, 6.45) is -0.150. The van der Waals surface area contributed by atoms with E-state index >= 15 is 0 Å². The molecule has 0 bridgehead atoms. The van der Waals surface area contributed by atoms with Gasteiger partial charge in [0.15, 0.2) is 0 Å². The molecule has 0 heterocycles. The molecule has 0 saturated carbocycles. The second-order valence-electron chi connectivity index (χ2n) is 3.77. The Hall–Kier alpha value is -1.55. The summed E-state index contributed by atoms with van der Waals surface area (Å²) in [5, 5.41) is 9.51. The van der Waals surface area contributed by atoms with Gasteiger partial charge in [0.05, 0.1) is 12.0 Å². The molecule has 0 radical (unpaired) electrons. The maximum absolute atomic E-state index is 10.6. The van der Waals surface area contributed by atoms with E-state index in [4.69, 9.17) is 10.5 Å². The van der Waals surface area contributed by atoms with Crippen LogP contribution in [-0.2, 0) is 10.2 Å². The van der Waals surface area contributed by atoms with E-state index in [0.717, 1.165) is 5.56 Å². The number of hydrogen-bond donors (Lipinski definition) is 2. The average molecular weight is 223 g/mol. The van der Waals surface area contributed by atoms with Gasteiger partial charge in [-0.15, -0.1) is 0 Å². The fourth-order valence-corrected chi connectivity index (χ4v) is 1.64. The standard InChI is InChI=1S/C12H17NO3/c1-2-12(8-14,9-16-11(13)15)10-6-4-3-5-7-10/h3-7,14H,2,8-9H2,1H3,(H2,13,15). The van der Waals surface area contributed by atoms with E-state index in [9.17, 15) is 9.90 Å². The highest BCUT2D eigenvalue weighted by Gasteiger charge is 2.31. The zero-order chi connectivity index (χ0) is 12.0. The monoisotopic (exact) mass is 223 g/mol. The second-order valence-corrected chi connectivity index (χ2v) is 3.77. The lowest BCUT2D eigenvalue weighted by Crippen LogP contribution is -2.37. The van der Waals surface area contributed by atoms with Crippen LogP contribution in [-0.4, -0.2) is 24.4 Å². The van der Waals surface area contributed by atoms with Crippen molar-refractivity contribution in [3.05, 3.63) is 35.9 Å². The third-order valence-electron chi connectivity index (χ3n) is 2.86. The predicted octanol–water partition coefficient (Wildman–Crippen LogP) is 1.42. The van der Waals surface area contributed by atoms with E-state index in [2.05, 4.69) is 0 Å². The Kier molecular flexibility index (Phi) is 4.31. The minimum atomic E-state index is -0.817. The van der Waals surface area contributed by atoms with Gasteiger partial charge in [-0.2, -0.15) is 0 Å². The van der Waals surface area contributed by atoms with Crippen molar-refractivity contribution in [1.29, 1.82) is 0 Å². The average Bonchev–Trinajstić information content (AvgIpc) is 2.32. The highest BCUT2D eigenvalue weighted by Crippen LogP contribution is 2.27. The highest BCUT2D eigenvalue weighted by atomic mass is 16.5. The van der Waals surface area contributed by atoms with Crippen molar-refractivity contribution in [2.24, 2.45) is 5.73 Å². The SMILES string of the molecule is CCC(CO)(COC(N)=O)c1ccccc1. The normalized spacial score (nSPS) is 14.1. The number of rotatable bonds is 5. The minimum Gasteiger partial charge on any atom is -0.449 e. The lowest BCUT2D eigenvalue weighted by atomic mass is 9.79. The Morgan fingerprint density at radius 1 is 1.44 bits per heavy atom. The molecule has 0 saturated heterocycles. The highest BCUT2D eigenvalue weighted by molar-refractivity contribution is 5.64. The number of aliphatic hydroxyl groups excluding tert-OH is 1. The number of carbonyl (C=O) groups is 1. The first kappa shape index (κ1) is 12.5. The van der Waals surface area contributed by atoms with E-state index in [0.29, 0.717) is 6.42 Å². The van der Waals surface area contributed by atoms with Crippen LogP contribution in [0.15, 0.2) is 30.3 Å². The number of ether oxygens (including phenoxy) is 1. The zero-order valence-electron chi connectivity index (χ0n) is 9.35. The van der Waals surface area contributed by atoms with Gasteiger partial charge in [0.25, 0.3) is 0 Å². The van der Waals surface area contributed by atoms with E-state index in [1.165, 1.54) is 0 Å². The third kappa shape index (κ3) is 2.73. The summed E-state index contributed by atoms with van der Waals surface area (Å²) in [5.41, 5.74) is 5.33. The van der Waals surface area contributed by atoms with E-state index in [1.54, 1.807) is 0 Å². The van der Waals surface area contributed by atoms with Crippen LogP contribution in [0, 0.1) is 0 Å². The minimum absolute atomic E-state index is 0.0825. The van der Waals surface area contributed by atoms with Gasteiger partial charge < -0.3 is 15.6 Å². The molecule has 1 aromatic rings. The maximum atomic E-state index is 10.6. The van der Waals surface area contributed by atoms with Crippen LogP contribution in [0.4, 0.5) is 4.79 Å². The molecule has 4 nitrogen and oxygen atoms in total. The van der Waals surface area contributed by atoms with Gasteiger partial charge in [-0.3, -0.25) is 0 Å². The number of benzene rings is 1. The van der Waals surface area contributed by atoms with Gasteiger partial charge in [0.1, 0.15) is 6.61 Å². The summed E-state index contributed by atoms with van der Waals surface area (Å²) >= 11 is 0. The molecule has 1 rings (SSSR count). The lowest BCUT2D eigenvalue weighted by Gasteiger charge is -2.30. The van der Waals surface area contributed by atoms with E-state index < -0.39 is 11.5 Å². The van der Waals surface area contributed by atoms with Gasteiger partial charge in [-0.25, -0.2) is 4.79 Å². The fourth-order valence-electron chi connectivity index (χ4n) is 1.64. The van der Waals surface area contributed by atoms with Crippen LogP contribution in [0.5, 0.6) is 0 Å². The molecule has 1 aromatic carbocycles. The van der Waals surface area contributed by atoms with Gasteiger partial charge in [0.2, 0.25) is 0 Å². The molecule has 1 amide bonds. The van der Waals surface area contributed by atoms with Crippen LogP contribution < -0.4 is 5.73 Å². The fraction of sp³-hybridized carbons (Fsp3) is 0.417. The molecule has 0 aromatic heterocycles. The van der Waals surface area contributed by atoms with Crippen molar-refractivity contribution in [2.75, 3.05) is 13.2 Å². The van der Waals surface area contributed by atoms with Crippen LogP contribution >= 0.6 is 0 Å². The number of aliphatic hydroxyl groups is 1. The molecule has 0 aliphatic carbocycles. The number of hydrogen-bond acceptors (Lipinski definition) is 3. The van der Waals surface area contributed by atoms with Crippen molar-refractivity contribution < 1.29 is 14.6 Å². The van der Waals surface area contributed by atoms with Crippen LogP contribution in [0.2, 0.25) is 0 Å². The Bertz CT molecular complexity index is 333. The van der Waals surface area contributed by atoms with Gasteiger partial charge in [-0.1, -0.05) is 37.3 Å². The summed E-state index contributed by atoms with van der Waals surface area (Å²) in [6, 6.07) is 9.49. The van der Waals surface area contributed by atoms with Crippen molar-refractivity contribution in [1.82, 2.24) is 0 Å². The number of carbonyl (C=O) groups excluding carboxylic acids is 1. The summed E-state index contributed by atoms with van der Waals surface area (Å²) in [6.45, 7) is 1.95. The summed E-state index contributed by atoms with van der Waals surface area (Å²) in [7, 11) is 0. The van der Waals surface area contributed by atoms with Gasteiger partial charge in [0, 0.05) is 0 Å². The van der Waals surface area contributed by atoms with Crippen molar-refractivity contribution in [2.45, 2.75) is 18.8 Å². The lowest BCUT2D eigenvalue weighted by molar-refractivity contribution is 0.0865. The largest absolute Gasteiger partial charge is 0.449 e. The Balaban J connectivity index is 2.92. The first-order chi connectivity index (χ1) is 7.64. The van der Waals surface area contributed by atoms with E-state index in [1.807, 2.05) is 37.3 Å². The molecule has 0 aliphatic rings. The molecular formula is C12H17NO3. The molecule has 1 atom stereocenters. The first-order valence-electron chi connectivity index (χ1n) is 5.23. The summed E-state index contributed by atoms with van der Waals surface area (Å²) in [5.74, 6) is 0. The molecule has 88 valence electrons. The maximum Gasteiger partial charge on any atom is 0.404 e. The van der Waals surface area contributed by atoms with Crippen LogP contribution in [0.25, 0.3) is 0 Å². The molecule has 16 heavy (non-hydrogen) atoms. The smallest absolute Gasteiger partial charge is 0.404 e. The summed E-state index contributed by atoms with van der Waals surface area (Å²) in [4.78, 5) is 10.6. The van der Waals surface area contributed by atoms with Gasteiger partial charge >= 0.3 is 6.09 Å². The summed E-state index contributed by atoms with van der Waals surface area (Å²) < 4.78 is 4.82. The Labute approximate surface area is 95.0 Å². The molecule has 4 heteroatoms. The molecule has 0 aliphatic heterocycles. The second kappa shape index (κ2) is 5.51. The van der Waals surface area contributed by atoms with E-state index in [-0.39, 0.29) is 13.2 Å². The van der Waals surface area contributed by atoms with Crippen molar-refractivity contribution in [3.8, 4) is 0 Å². The Morgan fingerprint density at radius 2 is 2.06 bits per heavy atom. The number of nitrogens with two attached hydrogens (primary N) is 1. The molecule has 1 unspecified atom stereocenters. The first-order valence-corrected chi connectivity index (χ1v) is 5.23. The number of amides is 1. The Morgan fingerprint density at radius 3 is 2.50 bits per heavy atom. The van der Waals surface area contributed by atoms with Gasteiger partial charge in [-0.05, 0) is 12.0 Å². The number of primary amides is 1. The topological polar surface area (TPSA) is 72.6 Å². The quantitative estimate of drug-likeness (QED) is 0.793. The molecule has 3 N–H and O–H groups in total. The molecule has 0 spiro atoms. The predicted molar refractivity (Wildman–Crippen MR) is 61.0 cm³/mol. The van der Waals surface area contributed by atoms with Crippen LogP contribution in [0.3, 0.4) is 0 Å².